The van der Waals surface area contributed by atoms with Crippen molar-refractivity contribution in [3.8, 4) is 11.5 Å². The van der Waals surface area contributed by atoms with Crippen molar-refractivity contribution in [3.05, 3.63) is 23.8 Å². The standard InChI is InChI=1S/C15H20N2O4/c1-10(2)14(18)16-6-7-17-15(19)11-4-3-5-12-13(11)21-9-8-20-12/h3-5,10H,6-9H2,1-2H3,(H,16,18)(H,17,19). The summed E-state index contributed by atoms with van der Waals surface area (Å²) in [6.07, 6.45) is 0. The highest BCUT2D eigenvalue weighted by Crippen LogP contribution is 2.33. The quantitative estimate of drug-likeness (QED) is 0.793. The number of nitrogens with one attached hydrogen (secondary N) is 2. The zero-order valence-corrected chi connectivity index (χ0v) is 12.3. The molecule has 0 radical (unpaired) electrons. The van der Waals surface area contributed by atoms with Crippen molar-refractivity contribution in [1.29, 1.82) is 0 Å². The maximum absolute atomic E-state index is 12.1. The number of ether oxygens (including phenoxy) is 2. The fraction of sp³-hybridized carbons (Fsp3) is 0.467. The predicted octanol–water partition coefficient (Wildman–Crippen LogP) is 0.960. The number of carbonyl (C=O) groups is 2. The molecule has 21 heavy (non-hydrogen) atoms. The number of fused-ring (bicyclic) bond motifs is 1. The summed E-state index contributed by atoms with van der Waals surface area (Å²) in [5.74, 6) is 0.732. The van der Waals surface area contributed by atoms with Crippen molar-refractivity contribution < 1.29 is 19.1 Å². The maximum atomic E-state index is 12.1. The molecule has 2 N–H and O–H groups in total. The molecule has 0 fully saturated rings. The van der Waals surface area contributed by atoms with Gasteiger partial charge in [0.05, 0.1) is 5.56 Å². The molecule has 6 nitrogen and oxygen atoms in total. The SMILES string of the molecule is CC(C)C(=O)NCCNC(=O)c1cccc2c1OCCO2. The van der Waals surface area contributed by atoms with E-state index in [1.165, 1.54) is 0 Å². The van der Waals surface area contributed by atoms with Crippen LogP contribution in [0.4, 0.5) is 0 Å². The van der Waals surface area contributed by atoms with E-state index in [9.17, 15) is 9.59 Å². The van der Waals surface area contributed by atoms with Crippen LogP contribution in [0.15, 0.2) is 18.2 Å². The molecule has 0 atom stereocenters. The first-order valence-electron chi connectivity index (χ1n) is 7.04. The maximum Gasteiger partial charge on any atom is 0.255 e. The van der Waals surface area contributed by atoms with Gasteiger partial charge in [-0.2, -0.15) is 0 Å². The molecule has 1 aliphatic rings. The monoisotopic (exact) mass is 292 g/mol. The molecule has 0 saturated carbocycles. The van der Waals surface area contributed by atoms with Crippen LogP contribution in [0.3, 0.4) is 0 Å². The van der Waals surface area contributed by atoms with Gasteiger partial charge in [0.2, 0.25) is 5.91 Å². The number of benzene rings is 1. The van der Waals surface area contributed by atoms with Gasteiger partial charge in [-0.05, 0) is 12.1 Å². The molecule has 1 aliphatic heterocycles. The lowest BCUT2D eigenvalue weighted by molar-refractivity contribution is -0.123. The Bertz CT molecular complexity index is 528. The first kappa shape index (κ1) is 15.2. The summed E-state index contributed by atoms with van der Waals surface area (Å²) < 4.78 is 10.9. The highest BCUT2D eigenvalue weighted by atomic mass is 16.6. The Morgan fingerprint density at radius 1 is 1.14 bits per heavy atom. The van der Waals surface area contributed by atoms with Gasteiger partial charge in [-0.25, -0.2) is 0 Å². The van der Waals surface area contributed by atoms with E-state index < -0.39 is 0 Å². The molecule has 1 heterocycles. The lowest BCUT2D eigenvalue weighted by atomic mass is 10.1. The van der Waals surface area contributed by atoms with Gasteiger partial charge in [-0.1, -0.05) is 19.9 Å². The molecular weight excluding hydrogens is 272 g/mol. The van der Waals surface area contributed by atoms with Gasteiger partial charge in [-0.15, -0.1) is 0 Å². The summed E-state index contributed by atoms with van der Waals surface area (Å²) in [4.78, 5) is 23.5. The largest absolute Gasteiger partial charge is 0.486 e. The van der Waals surface area contributed by atoms with Crippen LogP contribution >= 0.6 is 0 Å². The minimum Gasteiger partial charge on any atom is -0.486 e. The summed E-state index contributed by atoms with van der Waals surface area (Å²) in [6, 6.07) is 5.21. The van der Waals surface area contributed by atoms with E-state index >= 15 is 0 Å². The van der Waals surface area contributed by atoms with Crippen LogP contribution in [0.1, 0.15) is 24.2 Å². The van der Waals surface area contributed by atoms with Gasteiger partial charge in [-0.3, -0.25) is 9.59 Å². The van der Waals surface area contributed by atoms with Crippen molar-refractivity contribution in [2.45, 2.75) is 13.8 Å². The smallest absolute Gasteiger partial charge is 0.255 e. The molecule has 0 spiro atoms. The van der Waals surface area contributed by atoms with Crippen LogP contribution in [0.5, 0.6) is 11.5 Å². The molecule has 0 aromatic heterocycles. The molecule has 1 aromatic rings. The van der Waals surface area contributed by atoms with Crippen molar-refractivity contribution in [3.63, 3.8) is 0 Å². The second-order valence-electron chi connectivity index (χ2n) is 5.03. The summed E-state index contributed by atoms with van der Waals surface area (Å²) >= 11 is 0. The number of hydrogen-bond acceptors (Lipinski definition) is 4. The molecular formula is C15H20N2O4. The second-order valence-corrected chi connectivity index (χ2v) is 5.03. The van der Waals surface area contributed by atoms with Crippen molar-refractivity contribution in [2.24, 2.45) is 5.92 Å². The number of para-hydroxylation sites is 1. The number of hydrogen-bond donors (Lipinski definition) is 2. The molecule has 0 aliphatic carbocycles. The average molecular weight is 292 g/mol. The summed E-state index contributed by atoms with van der Waals surface area (Å²) in [7, 11) is 0. The zero-order chi connectivity index (χ0) is 15.2. The van der Waals surface area contributed by atoms with Crippen molar-refractivity contribution in [2.75, 3.05) is 26.3 Å². The van der Waals surface area contributed by atoms with Crippen molar-refractivity contribution >= 4 is 11.8 Å². The number of rotatable bonds is 5. The molecule has 1 aromatic carbocycles. The van der Waals surface area contributed by atoms with Crippen LogP contribution in [-0.4, -0.2) is 38.1 Å². The topological polar surface area (TPSA) is 76.7 Å². The fourth-order valence-electron chi connectivity index (χ4n) is 1.91. The second kappa shape index (κ2) is 6.97. The Morgan fingerprint density at radius 3 is 2.62 bits per heavy atom. The van der Waals surface area contributed by atoms with E-state index in [0.29, 0.717) is 43.4 Å². The van der Waals surface area contributed by atoms with Gasteiger partial charge < -0.3 is 20.1 Å². The van der Waals surface area contributed by atoms with Gasteiger partial charge >= 0.3 is 0 Å². The van der Waals surface area contributed by atoms with Crippen LogP contribution < -0.4 is 20.1 Å². The third-order valence-corrected chi connectivity index (χ3v) is 3.04. The fourth-order valence-corrected chi connectivity index (χ4v) is 1.91. The summed E-state index contributed by atoms with van der Waals surface area (Å²) in [5.41, 5.74) is 0.447. The Kier molecular flexibility index (Phi) is 5.03. The minimum absolute atomic E-state index is 0.0296. The van der Waals surface area contributed by atoms with E-state index in [2.05, 4.69) is 10.6 Å². The first-order valence-corrected chi connectivity index (χ1v) is 7.04. The molecule has 0 unspecified atom stereocenters. The Hall–Kier alpha value is -2.24. The van der Waals surface area contributed by atoms with E-state index in [1.807, 2.05) is 13.8 Å². The van der Waals surface area contributed by atoms with Crippen LogP contribution in [0.25, 0.3) is 0 Å². The normalized spacial score (nSPS) is 12.9. The van der Waals surface area contributed by atoms with Crippen molar-refractivity contribution in [1.82, 2.24) is 10.6 Å². The van der Waals surface area contributed by atoms with Crippen LogP contribution in [0.2, 0.25) is 0 Å². The van der Waals surface area contributed by atoms with E-state index in [4.69, 9.17) is 9.47 Å². The third kappa shape index (κ3) is 3.87. The summed E-state index contributed by atoms with van der Waals surface area (Å²) in [5, 5.41) is 5.50. The number of amides is 2. The van der Waals surface area contributed by atoms with Gasteiger partial charge in [0.15, 0.2) is 11.5 Å². The molecule has 114 valence electrons. The van der Waals surface area contributed by atoms with E-state index in [1.54, 1.807) is 18.2 Å². The Balaban J connectivity index is 1.88. The van der Waals surface area contributed by atoms with Crippen LogP contribution in [-0.2, 0) is 4.79 Å². The van der Waals surface area contributed by atoms with Gasteiger partial charge in [0, 0.05) is 19.0 Å². The summed E-state index contributed by atoms with van der Waals surface area (Å²) in [6.45, 7) is 5.32. The molecule has 6 heteroatoms. The third-order valence-electron chi connectivity index (χ3n) is 3.04. The van der Waals surface area contributed by atoms with Gasteiger partial charge in [0.25, 0.3) is 5.91 Å². The first-order chi connectivity index (χ1) is 10.1. The number of carbonyl (C=O) groups excluding carboxylic acids is 2. The molecule has 2 amide bonds. The zero-order valence-electron chi connectivity index (χ0n) is 12.3. The predicted molar refractivity (Wildman–Crippen MR) is 77.6 cm³/mol. The highest BCUT2D eigenvalue weighted by molar-refractivity contribution is 5.97. The lowest BCUT2D eigenvalue weighted by Crippen LogP contribution is -2.36. The Labute approximate surface area is 123 Å². The average Bonchev–Trinajstić information content (AvgIpc) is 2.50. The Morgan fingerprint density at radius 2 is 1.86 bits per heavy atom. The van der Waals surface area contributed by atoms with Gasteiger partial charge in [0.1, 0.15) is 13.2 Å². The highest BCUT2D eigenvalue weighted by Gasteiger charge is 2.19. The van der Waals surface area contributed by atoms with E-state index in [-0.39, 0.29) is 17.7 Å². The lowest BCUT2D eigenvalue weighted by Gasteiger charge is -2.20. The molecule has 0 saturated heterocycles. The minimum atomic E-state index is -0.240. The molecule has 0 bridgehead atoms. The molecule has 2 rings (SSSR count). The van der Waals surface area contributed by atoms with E-state index in [0.717, 1.165) is 0 Å². The van der Waals surface area contributed by atoms with Crippen LogP contribution in [0, 0.1) is 5.92 Å².